The van der Waals surface area contributed by atoms with Crippen molar-refractivity contribution in [1.29, 1.82) is 0 Å². The van der Waals surface area contributed by atoms with Crippen molar-refractivity contribution in [3.63, 3.8) is 0 Å². The molecule has 0 radical (unpaired) electrons. The van der Waals surface area contributed by atoms with Gasteiger partial charge in [0, 0.05) is 12.1 Å². The summed E-state index contributed by atoms with van der Waals surface area (Å²) in [7, 11) is 0. The summed E-state index contributed by atoms with van der Waals surface area (Å²) in [4.78, 5) is 0. The van der Waals surface area contributed by atoms with Gasteiger partial charge in [0.2, 0.25) is 0 Å². The zero-order valence-corrected chi connectivity index (χ0v) is 6.33. The lowest BCUT2D eigenvalue weighted by Gasteiger charge is -2.34. The molecule has 3 nitrogen and oxygen atoms in total. The molecule has 0 aromatic rings. The van der Waals surface area contributed by atoms with E-state index in [9.17, 15) is 5.11 Å². The van der Waals surface area contributed by atoms with E-state index in [1.54, 1.807) is 0 Å². The second-order valence-corrected chi connectivity index (χ2v) is 3.29. The molecule has 1 aliphatic carbocycles. The van der Waals surface area contributed by atoms with Crippen molar-refractivity contribution in [3.05, 3.63) is 0 Å². The van der Waals surface area contributed by atoms with Crippen molar-refractivity contribution in [3.8, 4) is 0 Å². The number of aliphatic hydroxyl groups is 1. The predicted molar refractivity (Wildman–Crippen MR) is 40.4 cm³/mol. The SMILES string of the molecule is CC1CCC(N)C(O)C1N. The third kappa shape index (κ3) is 1.31. The van der Waals surface area contributed by atoms with Gasteiger partial charge in [-0.1, -0.05) is 6.92 Å². The lowest BCUT2D eigenvalue weighted by molar-refractivity contribution is 0.0627. The summed E-state index contributed by atoms with van der Waals surface area (Å²) in [6.07, 6.45) is 1.44. The third-order valence-corrected chi connectivity index (χ3v) is 2.45. The van der Waals surface area contributed by atoms with Crippen LogP contribution in [0.5, 0.6) is 0 Å². The minimum atomic E-state index is -0.497. The van der Waals surface area contributed by atoms with Crippen molar-refractivity contribution in [2.75, 3.05) is 0 Å². The van der Waals surface area contributed by atoms with E-state index in [0.29, 0.717) is 5.92 Å². The molecule has 1 rings (SSSR count). The predicted octanol–water partition coefficient (Wildman–Crippen LogP) is -0.568. The fourth-order valence-corrected chi connectivity index (χ4v) is 1.44. The smallest absolute Gasteiger partial charge is 0.0844 e. The molecule has 60 valence electrons. The van der Waals surface area contributed by atoms with Gasteiger partial charge < -0.3 is 16.6 Å². The zero-order chi connectivity index (χ0) is 7.72. The average Bonchev–Trinajstić information content (AvgIpc) is 1.93. The Morgan fingerprint density at radius 3 is 2.40 bits per heavy atom. The fraction of sp³-hybridized carbons (Fsp3) is 1.00. The second kappa shape index (κ2) is 2.86. The Kier molecular flexibility index (Phi) is 2.28. The van der Waals surface area contributed by atoms with Crippen LogP contribution in [0.3, 0.4) is 0 Å². The molecule has 0 amide bonds. The Morgan fingerprint density at radius 1 is 1.30 bits per heavy atom. The normalized spacial score (nSPS) is 49.2. The summed E-state index contributed by atoms with van der Waals surface area (Å²) in [5.41, 5.74) is 11.3. The van der Waals surface area contributed by atoms with Gasteiger partial charge in [-0.15, -0.1) is 0 Å². The molecule has 4 unspecified atom stereocenters. The molecule has 0 aliphatic heterocycles. The highest BCUT2D eigenvalue weighted by molar-refractivity contribution is 4.90. The summed E-state index contributed by atoms with van der Waals surface area (Å²) >= 11 is 0. The van der Waals surface area contributed by atoms with Crippen molar-refractivity contribution in [2.24, 2.45) is 17.4 Å². The van der Waals surface area contributed by atoms with E-state index in [0.717, 1.165) is 12.8 Å². The molecule has 0 spiro atoms. The van der Waals surface area contributed by atoms with E-state index in [-0.39, 0.29) is 12.1 Å². The van der Waals surface area contributed by atoms with Gasteiger partial charge in [0.25, 0.3) is 0 Å². The van der Waals surface area contributed by atoms with Gasteiger partial charge in [0.05, 0.1) is 6.10 Å². The molecule has 10 heavy (non-hydrogen) atoms. The first-order chi connectivity index (χ1) is 4.63. The number of rotatable bonds is 0. The molecule has 0 aromatic heterocycles. The van der Waals surface area contributed by atoms with Crippen LogP contribution in [-0.2, 0) is 0 Å². The Morgan fingerprint density at radius 2 is 1.90 bits per heavy atom. The van der Waals surface area contributed by atoms with Crippen LogP contribution in [0.4, 0.5) is 0 Å². The molecule has 5 N–H and O–H groups in total. The summed E-state index contributed by atoms with van der Waals surface area (Å²) < 4.78 is 0. The van der Waals surface area contributed by atoms with Crippen molar-refractivity contribution in [2.45, 2.75) is 38.0 Å². The topological polar surface area (TPSA) is 72.3 Å². The first-order valence-electron chi connectivity index (χ1n) is 3.82. The first-order valence-corrected chi connectivity index (χ1v) is 3.82. The van der Waals surface area contributed by atoms with Crippen molar-refractivity contribution in [1.82, 2.24) is 0 Å². The molecule has 0 aromatic carbocycles. The lowest BCUT2D eigenvalue weighted by atomic mass is 9.81. The van der Waals surface area contributed by atoms with Crippen LogP contribution in [-0.4, -0.2) is 23.3 Å². The monoisotopic (exact) mass is 144 g/mol. The summed E-state index contributed by atoms with van der Waals surface area (Å²) in [6, 6.07) is -0.227. The van der Waals surface area contributed by atoms with Crippen LogP contribution in [0.1, 0.15) is 19.8 Å². The summed E-state index contributed by atoms with van der Waals surface area (Å²) in [5, 5.41) is 9.37. The number of aliphatic hydroxyl groups excluding tert-OH is 1. The van der Waals surface area contributed by atoms with Gasteiger partial charge in [0.1, 0.15) is 0 Å². The van der Waals surface area contributed by atoms with E-state index in [1.165, 1.54) is 0 Å². The van der Waals surface area contributed by atoms with Gasteiger partial charge in [-0.05, 0) is 18.8 Å². The lowest BCUT2D eigenvalue weighted by Crippen LogP contribution is -2.53. The molecule has 4 atom stereocenters. The largest absolute Gasteiger partial charge is 0.390 e. The Hall–Kier alpha value is -0.120. The average molecular weight is 144 g/mol. The molecule has 1 fully saturated rings. The van der Waals surface area contributed by atoms with Gasteiger partial charge in [-0.25, -0.2) is 0 Å². The minimum Gasteiger partial charge on any atom is -0.390 e. The summed E-state index contributed by atoms with van der Waals surface area (Å²) in [6.45, 7) is 2.06. The number of hydrogen-bond acceptors (Lipinski definition) is 3. The van der Waals surface area contributed by atoms with Crippen LogP contribution in [0.2, 0.25) is 0 Å². The maximum absolute atomic E-state index is 9.37. The van der Waals surface area contributed by atoms with E-state index in [4.69, 9.17) is 11.5 Å². The van der Waals surface area contributed by atoms with Crippen LogP contribution in [0, 0.1) is 5.92 Å². The number of nitrogens with two attached hydrogens (primary N) is 2. The molecule has 0 saturated heterocycles. The van der Waals surface area contributed by atoms with Crippen LogP contribution < -0.4 is 11.5 Å². The Labute approximate surface area is 61.4 Å². The summed E-state index contributed by atoms with van der Waals surface area (Å²) in [5.74, 6) is 0.412. The van der Waals surface area contributed by atoms with E-state index in [1.807, 2.05) is 0 Å². The minimum absolute atomic E-state index is 0.105. The zero-order valence-electron chi connectivity index (χ0n) is 6.33. The molecule has 1 aliphatic rings. The molecular formula is C7H16N2O. The first kappa shape index (κ1) is 7.98. The fourth-order valence-electron chi connectivity index (χ4n) is 1.44. The van der Waals surface area contributed by atoms with E-state index < -0.39 is 6.10 Å². The van der Waals surface area contributed by atoms with Gasteiger partial charge in [0.15, 0.2) is 0 Å². The Bertz CT molecular complexity index is 104. The van der Waals surface area contributed by atoms with E-state index in [2.05, 4.69) is 6.92 Å². The molecule has 1 saturated carbocycles. The highest BCUT2D eigenvalue weighted by atomic mass is 16.3. The second-order valence-electron chi connectivity index (χ2n) is 3.29. The van der Waals surface area contributed by atoms with Crippen LogP contribution in [0.25, 0.3) is 0 Å². The quantitative estimate of drug-likeness (QED) is 0.426. The third-order valence-electron chi connectivity index (χ3n) is 2.45. The van der Waals surface area contributed by atoms with Crippen LogP contribution >= 0.6 is 0 Å². The maximum Gasteiger partial charge on any atom is 0.0844 e. The molecule has 3 heteroatoms. The maximum atomic E-state index is 9.37. The van der Waals surface area contributed by atoms with Crippen LogP contribution in [0.15, 0.2) is 0 Å². The Balaban J connectivity index is 2.52. The van der Waals surface area contributed by atoms with Gasteiger partial charge >= 0.3 is 0 Å². The highest BCUT2D eigenvalue weighted by Gasteiger charge is 2.31. The van der Waals surface area contributed by atoms with Gasteiger partial charge in [-0.2, -0.15) is 0 Å². The molecular weight excluding hydrogens is 128 g/mol. The van der Waals surface area contributed by atoms with Crippen molar-refractivity contribution < 1.29 is 5.11 Å². The molecule has 0 bridgehead atoms. The standard InChI is InChI=1S/C7H16N2O/c1-4-2-3-5(8)7(10)6(4)9/h4-7,10H,2-3,8-9H2,1H3. The molecule has 0 heterocycles. The number of hydrogen-bond donors (Lipinski definition) is 3. The van der Waals surface area contributed by atoms with Crippen molar-refractivity contribution >= 4 is 0 Å². The van der Waals surface area contributed by atoms with E-state index >= 15 is 0 Å². The highest BCUT2D eigenvalue weighted by Crippen LogP contribution is 2.21. The van der Waals surface area contributed by atoms with Gasteiger partial charge in [-0.3, -0.25) is 0 Å².